The number of rotatable bonds is 8. The fourth-order valence-corrected chi connectivity index (χ4v) is 3.46. The Labute approximate surface area is 171 Å². The number of amides is 1. The molecule has 0 spiro atoms. The molecule has 0 aromatic heterocycles. The van der Waals surface area contributed by atoms with Crippen LogP contribution in [-0.2, 0) is 11.8 Å². The zero-order chi connectivity index (χ0) is 20.7. The van der Waals surface area contributed by atoms with Gasteiger partial charge in [0.1, 0.15) is 5.82 Å². The number of halogens is 1. The van der Waals surface area contributed by atoms with Crippen molar-refractivity contribution < 1.29 is 9.18 Å². The molecule has 3 N–H and O–H groups in total. The molecule has 1 fully saturated rings. The van der Waals surface area contributed by atoms with E-state index in [1.807, 2.05) is 37.3 Å². The van der Waals surface area contributed by atoms with E-state index >= 15 is 0 Å². The number of nitrogens with one attached hydrogen (secondary N) is 3. The zero-order valence-corrected chi connectivity index (χ0v) is 17.1. The van der Waals surface area contributed by atoms with Crippen LogP contribution in [0.2, 0.25) is 0 Å². The number of guanidine groups is 1. The number of hydrogen-bond acceptors (Lipinski definition) is 2. The van der Waals surface area contributed by atoms with Gasteiger partial charge in [-0.05, 0) is 55.5 Å². The second kappa shape index (κ2) is 9.54. The molecule has 1 saturated carbocycles. The number of carbonyl (C=O) groups excluding carboxylic acids is 1. The van der Waals surface area contributed by atoms with Crippen molar-refractivity contribution in [1.82, 2.24) is 16.0 Å². The summed E-state index contributed by atoms with van der Waals surface area (Å²) in [5, 5.41) is 9.24. The highest BCUT2D eigenvalue weighted by Gasteiger charge is 2.45. The predicted octanol–water partition coefficient (Wildman–Crippen LogP) is 3.01. The molecular formula is C23H29FN4O. The smallest absolute Gasteiger partial charge is 0.251 e. The van der Waals surface area contributed by atoms with Crippen LogP contribution < -0.4 is 16.0 Å². The Bertz CT molecular complexity index is 877. The van der Waals surface area contributed by atoms with E-state index in [0.717, 1.165) is 42.9 Å². The largest absolute Gasteiger partial charge is 0.357 e. The maximum absolute atomic E-state index is 14.2. The van der Waals surface area contributed by atoms with Gasteiger partial charge >= 0.3 is 0 Å². The molecule has 3 rings (SSSR count). The molecule has 6 heteroatoms. The van der Waals surface area contributed by atoms with E-state index in [2.05, 4.69) is 16.0 Å². The van der Waals surface area contributed by atoms with Crippen molar-refractivity contribution >= 4 is 11.9 Å². The lowest BCUT2D eigenvalue weighted by molar-refractivity contribution is 0.0963. The Hall–Kier alpha value is -2.89. The SMILES string of the molecule is CCNC(=NCC1(c2ccccc2F)CC1)NCCc1cccc(C(=O)NC)c1. The molecule has 0 unspecified atom stereocenters. The van der Waals surface area contributed by atoms with Crippen LogP contribution >= 0.6 is 0 Å². The van der Waals surface area contributed by atoms with E-state index in [4.69, 9.17) is 4.99 Å². The average Bonchev–Trinajstić information content (AvgIpc) is 3.53. The van der Waals surface area contributed by atoms with Crippen molar-refractivity contribution in [3.8, 4) is 0 Å². The van der Waals surface area contributed by atoms with E-state index in [0.29, 0.717) is 18.7 Å². The third-order valence-corrected chi connectivity index (χ3v) is 5.31. The summed E-state index contributed by atoms with van der Waals surface area (Å²) in [4.78, 5) is 16.5. The maximum atomic E-state index is 14.2. The first-order chi connectivity index (χ1) is 14.1. The van der Waals surface area contributed by atoms with Crippen LogP contribution in [0.5, 0.6) is 0 Å². The monoisotopic (exact) mass is 396 g/mol. The van der Waals surface area contributed by atoms with Gasteiger partial charge in [0.2, 0.25) is 0 Å². The Balaban J connectivity index is 1.59. The average molecular weight is 397 g/mol. The first kappa shape index (κ1) is 20.8. The summed E-state index contributed by atoms with van der Waals surface area (Å²) in [7, 11) is 1.63. The second-order valence-corrected chi connectivity index (χ2v) is 7.41. The molecule has 1 aliphatic rings. The lowest BCUT2D eigenvalue weighted by Crippen LogP contribution is -2.39. The summed E-state index contributed by atoms with van der Waals surface area (Å²) in [6, 6.07) is 14.6. The summed E-state index contributed by atoms with van der Waals surface area (Å²) in [6.07, 6.45) is 2.69. The number of nitrogens with zero attached hydrogens (tertiary/aromatic N) is 1. The van der Waals surface area contributed by atoms with Crippen molar-refractivity contribution in [2.24, 2.45) is 4.99 Å². The molecule has 2 aromatic rings. The standard InChI is InChI=1S/C23H29FN4O/c1-3-26-22(27-14-11-17-7-6-8-18(15-17)21(29)25-2)28-16-23(12-13-23)19-9-4-5-10-20(19)24/h4-10,15H,3,11-14,16H2,1-2H3,(H,25,29)(H2,26,27,28). The second-order valence-electron chi connectivity index (χ2n) is 7.41. The predicted molar refractivity (Wildman–Crippen MR) is 115 cm³/mol. The minimum Gasteiger partial charge on any atom is -0.357 e. The molecule has 0 aliphatic heterocycles. The molecule has 2 aromatic carbocycles. The Morgan fingerprint density at radius 1 is 1.14 bits per heavy atom. The lowest BCUT2D eigenvalue weighted by Gasteiger charge is -2.16. The highest BCUT2D eigenvalue weighted by Crippen LogP contribution is 2.49. The fraction of sp³-hybridized carbons (Fsp3) is 0.391. The Morgan fingerprint density at radius 2 is 1.93 bits per heavy atom. The summed E-state index contributed by atoms with van der Waals surface area (Å²) < 4.78 is 14.2. The van der Waals surface area contributed by atoms with Gasteiger partial charge in [0.05, 0.1) is 6.54 Å². The van der Waals surface area contributed by atoms with Gasteiger partial charge < -0.3 is 16.0 Å². The first-order valence-corrected chi connectivity index (χ1v) is 10.2. The normalized spacial score (nSPS) is 14.9. The first-order valence-electron chi connectivity index (χ1n) is 10.2. The molecule has 1 aliphatic carbocycles. The zero-order valence-electron chi connectivity index (χ0n) is 17.1. The summed E-state index contributed by atoms with van der Waals surface area (Å²) >= 11 is 0. The van der Waals surface area contributed by atoms with E-state index in [-0.39, 0.29) is 17.1 Å². The Kier molecular flexibility index (Phi) is 6.86. The quantitative estimate of drug-likeness (QED) is 0.475. The van der Waals surface area contributed by atoms with E-state index < -0.39 is 0 Å². The van der Waals surface area contributed by atoms with E-state index in [9.17, 15) is 9.18 Å². The minimum absolute atomic E-state index is 0.0856. The third-order valence-electron chi connectivity index (χ3n) is 5.31. The topological polar surface area (TPSA) is 65.5 Å². The van der Waals surface area contributed by atoms with Crippen LogP contribution in [0.1, 0.15) is 41.3 Å². The number of carbonyl (C=O) groups is 1. The molecule has 29 heavy (non-hydrogen) atoms. The Morgan fingerprint density at radius 3 is 2.62 bits per heavy atom. The maximum Gasteiger partial charge on any atom is 0.251 e. The van der Waals surface area contributed by atoms with Crippen LogP contribution in [-0.4, -0.2) is 38.5 Å². The number of hydrogen-bond donors (Lipinski definition) is 3. The third kappa shape index (κ3) is 5.34. The lowest BCUT2D eigenvalue weighted by atomic mass is 9.95. The summed E-state index contributed by atoms with van der Waals surface area (Å²) in [5.41, 5.74) is 2.34. The molecule has 0 heterocycles. The molecular weight excluding hydrogens is 367 g/mol. The summed E-state index contributed by atoms with van der Waals surface area (Å²) in [5.74, 6) is 0.504. The molecule has 154 valence electrons. The molecule has 1 amide bonds. The van der Waals surface area contributed by atoms with Gasteiger partial charge in [0.25, 0.3) is 5.91 Å². The van der Waals surface area contributed by atoms with Gasteiger partial charge in [-0.25, -0.2) is 4.39 Å². The van der Waals surface area contributed by atoms with Crippen LogP contribution in [0.4, 0.5) is 4.39 Å². The minimum atomic E-state index is -0.171. The summed E-state index contributed by atoms with van der Waals surface area (Å²) in [6.45, 7) is 4.03. The van der Waals surface area contributed by atoms with Crippen LogP contribution in [0, 0.1) is 5.82 Å². The molecule has 0 saturated heterocycles. The van der Waals surface area contributed by atoms with Crippen molar-refractivity contribution in [3.63, 3.8) is 0 Å². The number of aliphatic imine (C=N–C) groups is 1. The molecule has 5 nitrogen and oxygen atoms in total. The van der Waals surface area contributed by atoms with Gasteiger partial charge in [0.15, 0.2) is 5.96 Å². The van der Waals surface area contributed by atoms with Crippen LogP contribution in [0.3, 0.4) is 0 Å². The van der Waals surface area contributed by atoms with Crippen molar-refractivity contribution in [3.05, 3.63) is 71.0 Å². The molecule has 0 radical (unpaired) electrons. The van der Waals surface area contributed by atoms with Crippen LogP contribution in [0.25, 0.3) is 0 Å². The van der Waals surface area contributed by atoms with Gasteiger partial charge in [-0.2, -0.15) is 0 Å². The highest BCUT2D eigenvalue weighted by atomic mass is 19.1. The van der Waals surface area contributed by atoms with Crippen LogP contribution in [0.15, 0.2) is 53.5 Å². The van der Waals surface area contributed by atoms with Crippen molar-refractivity contribution in [2.45, 2.75) is 31.6 Å². The van der Waals surface area contributed by atoms with Crippen molar-refractivity contribution in [1.29, 1.82) is 0 Å². The highest BCUT2D eigenvalue weighted by molar-refractivity contribution is 5.94. The van der Waals surface area contributed by atoms with E-state index in [1.165, 1.54) is 6.07 Å². The van der Waals surface area contributed by atoms with Gasteiger partial charge in [-0.3, -0.25) is 9.79 Å². The van der Waals surface area contributed by atoms with E-state index in [1.54, 1.807) is 19.2 Å². The van der Waals surface area contributed by atoms with Gasteiger partial charge in [-0.15, -0.1) is 0 Å². The molecule has 0 atom stereocenters. The van der Waals surface area contributed by atoms with Crippen molar-refractivity contribution in [2.75, 3.05) is 26.7 Å². The van der Waals surface area contributed by atoms with Gasteiger partial charge in [0, 0.05) is 31.1 Å². The van der Waals surface area contributed by atoms with Gasteiger partial charge in [-0.1, -0.05) is 30.3 Å². The fourth-order valence-electron chi connectivity index (χ4n) is 3.46. The molecule has 0 bridgehead atoms. The number of benzene rings is 2.